The van der Waals surface area contributed by atoms with Gasteiger partial charge in [0.25, 0.3) is 0 Å². The fourth-order valence-corrected chi connectivity index (χ4v) is 4.84. The third-order valence-corrected chi connectivity index (χ3v) is 5.15. The second-order valence-electron chi connectivity index (χ2n) is 6.16. The number of hydrogen-bond donors (Lipinski definition) is 0. The van der Waals surface area contributed by atoms with Crippen molar-refractivity contribution in [1.82, 2.24) is 0 Å². The van der Waals surface area contributed by atoms with Crippen LogP contribution in [-0.2, 0) is 0 Å². The first-order chi connectivity index (χ1) is 7.90. The van der Waals surface area contributed by atoms with Crippen LogP contribution >= 0.6 is 0 Å². The van der Waals surface area contributed by atoms with E-state index in [1.807, 2.05) is 5.92 Å². The quantitative estimate of drug-likeness (QED) is 0.653. The lowest BCUT2D eigenvalue weighted by Gasteiger charge is -2.54. The van der Waals surface area contributed by atoms with Crippen molar-refractivity contribution in [2.24, 2.45) is 17.8 Å². The molecule has 0 saturated heterocycles. The molecule has 2 unspecified atom stereocenters. The van der Waals surface area contributed by atoms with Gasteiger partial charge in [0.2, 0.25) is 0 Å². The zero-order valence-electron chi connectivity index (χ0n) is 9.73. The molecular formula is C16H19. The first kappa shape index (κ1) is 9.27. The van der Waals surface area contributed by atoms with Gasteiger partial charge in [-0.2, -0.15) is 0 Å². The highest BCUT2D eigenvalue weighted by Gasteiger charge is 2.48. The van der Waals surface area contributed by atoms with Crippen molar-refractivity contribution >= 4 is 0 Å². The molecule has 83 valence electrons. The van der Waals surface area contributed by atoms with E-state index in [0.29, 0.717) is 0 Å². The van der Waals surface area contributed by atoms with Gasteiger partial charge in [-0.15, -0.1) is 0 Å². The largest absolute Gasteiger partial charge is 0.0622 e. The highest BCUT2D eigenvalue weighted by atomic mass is 14.5. The average molecular weight is 211 g/mol. The zero-order valence-corrected chi connectivity index (χ0v) is 9.73. The zero-order chi connectivity index (χ0) is 10.5. The van der Waals surface area contributed by atoms with Gasteiger partial charge in [-0.3, -0.25) is 0 Å². The molecule has 0 heterocycles. The van der Waals surface area contributed by atoms with Crippen LogP contribution in [0.1, 0.15) is 43.6 Å². The van der Waals surface area contributed by atoms with E-state index in [4.69, 9.17) is 0 Å². The summed E-state index contributed by atoms with van der Waals surface area (Å²) < 4.78 is 0. The lowest BCUT2D eigenvalue weighted by molar-refractivity contribution is 0.0637. The highest BCUT2D eigenvalue weighted by Crippen LogP contribution is 2.60. The van der Waals surface area contributed by atoms with Crippen LogP contribution in [-0.4, -0.2) is 0 Å². The molecule has 1 aromatic rings. The van der Waals surface area contributed by atoms with Gasteiger partial charge in [-0.1, -0.05) is 30.3 Å². The Morgan fingerprint density at radius 1 is 0.812 bits per heavy atom. The Bertz CT molecular complexity index is 350. The summed E-state index contributed by atoms with van der Waals surface area (Å²) in [6.07, 6.45) is 7.41. The van der Waals surface area contributed by atoms with Gasteiger partial charge >= 0.3 is 0 Å². The maximum absolute atomic E-state index is 2.36. The van der Waals surface area contributed by atoms with Crippen molar-refractivity contribution in [3.8, 4) is 0 Å². The third kappa shape index (κ3) is 1.28. The molecule has 0 N–H and O–H groups in total. The molecule has 1 aromatic carbocycles. The van der Waals surface area contributed by atoms with E-state index in [2.05, 4.69) is 30.3 Å². The van der Waals surface area contributed by atoms with Gasteiger partial charge in [0.05, 0.1) is 0 Å². The van der Waals surface area contributed by atoms with Crippen molar-refractivity contribution in [2.45, 2.75) is 38.0 Å². The van der Waals surface area contributed by atoms with Gasteiger partial charge < -0.3 is 0 Å². The van der Waals surface area contributed by atoms with E-state index in [1.54, 1.807) is 5.56 Å². The molecular weight excluding hydrogens is 192 g/mol. The molecule has 0 heteroatoms. The molecule has 0 spiro atoms. The fourth-order valence-electron chi connectivity index (χ4n) is 4.84. The average Bonchev–Trinajstić information content (AvgIpc) is 2.29. The summed E-state index contributed by atoms with van der Waals surface area (Å²) in [6.45, 7) is 0. The van der Waals surface area contributed by atoms with E-state index in [0.717, 1.165) is 23.7 Å². The minimum atomic E-state index is 0.890. The van der Waals surface area contributed by atoms with Gasteiger partial charge in [0, 0.05) is 0 Å². The Kier molecular flexibility index (Phi) is 1.94. The molecule has 0 aromatic heterocycles. The number of benzene rings is 1. The van der Waals surface area contributed by atoms with Crippen molar-refractivity contribution in [2.75, 3.05) is 0 Å². The molecule has 0 amide bonds. The molecule has 0 nitrogen and oxygen atoms in total. The van der Waals surface area contributed by atoms with Gasteiger partial charge in [-0.25, -0.2) is 0 Å². The summed E-state index contributed by atoms with van der Waals surface area (Å²) in [6, 6.07) is 11.3. The number of hydrogen-bond acceptors (Lipinski definition) is 0. The van der Waals surface area contributed by atoms with E-state index >= 15 is 0 Å². The summed E-state index contributed by atoms with van der Waals surface area (Å²) in [7, 11) is 0. The topological polar surface area (TPSA) is 0 Å². The van der Waals surface area contributed by atoms with Crippen molar-refractivity contribution in [3.05, 3.63) is 41.8 Å². The molecule has 5 rings (SSSR count). The maximum Gasteiger partial charge on any atom is -0.0105 e. The van der Waals surface area contributed by atoms with Crippen molar-refractivity contribution in [3.63, 3.8) is 0 Å². The smallest absolute Gasteiger partial charge is 0.0105 e. The van der Waals surface area contributed by atoms with Crippen LogP contribution in [0.4, 0.5) is 0 Å². The minimum absolute atomic E-state index is 0.890. The summed E-state index contributed by atoms with van der Waals surface area (Å²) >= 11 is 0. The first-order valence-electron chi connectivity index (χ1n) is 6.78. The molecule has 4 aliphatic carbocycles. The lowest BCUT2D eigenvalue weighted by Crippen LogP contribution is -2.42. The van der Waals surface area contributed by atoms with Gasteiger partial charge in [0.1, 0.15) is 0 Å². The Hall–Kier alpha value is -0.780. The van der Waals surface area contributed by atoms with Crippen LogP contribution in [0.2, 0.25) is 0 Å². The van der Waals surface area contributed by atoms with E-state index in [9.17, 15) is 0 Å². The molecule has 4 bridgehead atoms. The maximum atomic E-state index is 2.36. The Labute approximate surface area is 98.1 Å². The predicted molar refractivity (Wildman–Crippen MR) is 66.0 cm³/mol. The summed E-state index contributed by atoms with van der Waals surface area (Å²) in [4.78, 5) is 0. The number of rotatable bonds is 1. The SMILES string of the molecule is c1ccc(C2C3C[C]4CC(C3)CC2C4)cc1. The van der Waals surface area contributed by atoms with E-state index < -0.39 is 0 Å². The molecule has 4 fully saturated rings. The van der Waals surface area contributed by atoms with E-state index in [-0.39, 0.29) is 0 Å². The van der Waals surface area contributed by atoms with Crippen LogP contribution in [0.15, 0.2) is 30.3 Å². The normalized spacial score (nSPS) is 41.5. The summed E-state index contributed by atoms with van der Waals surface area (Å²) in [5.41, 5.74) is 1.62. The molecule has 4 aliphatic rings. The fraction of sp³-hybridized carbons (Fsp3) is 0.562. The molecule has 1 radical (unpaired) electrons. The minimum Gasteiger partial charge on any atom is -0.0622 e. The second-order valence-corrected chi connectivity index (χ2v) is 6.16. The monoisotopic (exact) mass is 211 g/mol. The molecule has 4 saturated carbocycles. The van der Waals surface area contributed by atoms with E-state index in [1.165, 1.54) is 32.1 Å². The van der Waals surface area contributed by atoms with Crippen LogP contribution in [0.25, 0.3) is 0 Å². The summed E-state index contributed by atoms with van der Waals surface area (Å²) in [5, 5.41) is 0. The molecule has 16 heavy (non-hydrogen) atoms. The van der Waals surface area contributed by atoms with Crippen LogP contribution in [0.5, 0.6) is 0 Å². The standard InChI is InChI=1S/C16H19/c1-2-4-13(5-3-1)16-14-7-11-6-12(9-14)10-15(16)8-11/h1-5,11,14-16H,6-10H2. The predicted octanol–water partition coefficient (Wildman–Crippen LogP) is 4.18. The first-order valence-corrected chi connectivity index (χ1v) is 6.78. The molecule has 0 aliphatic heterocycles. The Morgan fingerprint density at radius 3 is 2.12 bits per heavy atom. The molecule has 2 atom stereocenters. The van der Waals surface area contributed by atoms with Crippen LogP contribution in [0.3, 0.4) is 0 Å². The van der Waals surface area contributed by atoms with Crippen molar-refractivity contribution < 1.29 is 0 Å². The van der Waals surface area contributed by atoms with Crippen LogP contribution in [0, 0.1) is 23.7 Å². The van der Waals surface area contributed by atoms with Gasteiger partial charge in [0.15, 0.2) is 0 Å². The van der Waals surface area contributed by atoms with Crippen LogP contribution < -0.4 is 0 Å². The van der Waals surface area contributed by atoms with Crippen molar-refractivity contribution in [1.29, 1.82) is 0 Å². The lowest BCUT2D eigenvalue weighted by atomic mass is 9.51. The second kappa shape index (κ2) is 3.35. The summed E-state index contributed by atoms with van der Waals surface area (Å²) in [5.74, 6) is 5.84. The Morgan fingerprint density at radius 2 is 1.50 bits per heavy atom. The Balaban J connectivity index is 1.70. The van der Waals surface area contributed by atoms with Gasteiger partial charge in [-0.05, 0) is 67.3 Å². The highest BCUT2D eigenvalue weighted by molar-refractivity contribution is 5.26. The third-order valence-electron chi connectivity index (χ3n) is 5.15.